The largest absolute Gasteiger partial charge is 0.380 e. The van der Waals surface area contributed by atoms with Gasteiger partial charge in [0.2, 0.25) is 0 Å². The number of aryl methyl sites for hydroxylation is 2. The topological polar surface area (TPSA) is 41.1 Å². The summed E-state index contributed by atoms with van der Waals surface area (Å²) < 4.78 is 5.62. The Morgan fingerprint density at radius 3 is 2.86 bits per heavy atom. The number of likely N-dealkylation sites (tertiary alicyclic amines) is 1. The van der Waals surface area contributed by atoms with Crippen molar-refractivity contribution in [2.45, 2.75) is 58.1 Å². The number of rotatable bonds is 4. The molecule has 0 saturated carbocycles. The van der Waals surface area contributed by atoms with Crippen molar-refractivity contribution < 1.29 is 4.74 Å². The van der Waals surface area contributed by atoms with E-state index in [1.165, 1.54) is 31.4 Å². The van der Waals surface area contributed by atoms with Crippen LogP contribution in [0.2, 0.25) is 0 Å². The number of hydrogen-bond donors (Lipinski definition) is 1. The molecule has 1 aliphatic carbocycles. The molecule has 21 heavy (non-hydrogen) atoms. The van der Waals surface area contributed by atoms with Crippen LogP contribution in [0.3, 0.4) is 0 Å². The van der Waals surface area contributed by atoms with Crippen molar-refractivity contribution in [3.63, 3.8) is 0 Å². The maximum atomic E-state index is 5.62. The van der Waals surface area contributed by atoms with Gasteiger partial charge in [-0.2, -0.15) is 0 Å². The van der Waals surface area contributed by atoms with Crippen LogP contribution in [-0.2, 0) is 4.74 Å². The van der Waals surface area contributed by atoms with Crippen molar-refractivity contribution in [1.29, 1.82) is 0 Å². The summed E-state index contributed by atoms with van der Waals surface area (Å²) in [5.41, 5.74) is 3.90. The van der Waals surface area contributed by atoms with Gasteiger partial charge in [-0.1, -0.05) is 11.6 Å². The smallest absolute Gasteiger partial charge is 0.124 e. The highest BCUT2D eigenvalue weighted by atomic mass is 16.5. The van der Waals surface area contributed by atoms with E-state index in [0.717, 1.165) is 31.0 Å². The minimum absolute atomic E-state index is 0.324. The third-order valence-corrected chi connectivity index (χ3v) is 4.95. The van der Waals surface area contributed by atoms with Crippen molar-refractivity contribution >= 4 is 0 Å². The second-order valence-corrected chi connectivity index (χ2v) is 6.48. The summed E-state index contributed by atoms with van der Waals surface area (Å²) >= 11 is 0. The molecule has 0 bridgehead atoms. The minimum Gasteiger partial charge on any atom is -0.380 e. The second-order valence-electron chi connectivity index (χ2n) is 6.48. The van der Waals surface area contributed by atoms with E-state index < -0.39 is 0 Å². The molecule has 0 aromatic carbocycles. The van der Waals surface area contributed by atoms with Crippen LogP contribution in [0.5, 0.6) is 0 Å². The Labute approximate surface area is 127 Å². The molecule has 1 N–H and O–H groups in total. The van der Waals surface area contributed by atoms with Crippen LogP contribution in [0.4, 0.5) is 0 Å². The number of nitrogens with one attached hydrogen (secondary N) is 1. The van der Waals surface area contributed by atoms with Gasteiger partial charge in [0.05, 0.1) is 17.8 Å². The van der Waals surface area contributed by atoms with E-state index in [0.29, 0.717) is 12.1 Å². The third-order valence-electron chi connectivity index (χ3n) is 4.95. The fourth-order valence-electron chi connectivity index (χ4n) is 3.53. The average Bonchev–Trinajstić information content (AvgIpc) is 3.04. The number of hydrogen-bond acceptors (Lipinski definition) is 3. The number of ether oxygens (including phenoxy) is 1. The number of aromatic nitrogens is 2. The number of allylic oxidation sites excluding steroid dienone is 1. The van der Waals surface area contributed by atoms with Crippen molar-refractivity contribution in [2.75, 3.05) is 20.2 Å². The normalized spacial score (nSPS) is 27.1. The third kappa shape index (κ3) is 3.22. The first-order valence-electron chi connectivity index (χ1n) is 8.15. The van der Waals surface area contributed by atoms with Gasteiger partial charge in [0.1, 0.15) is 5.82 Å². The summed E-state index contributed by atoms with van der Waals surface area (Å²) in [6.45, 7) is 6.26. The zero-order chi connectivity index (χ0) is 14.8. The van der Waals surface area contributed by atoms with E-state index in [4.69, 9.17) is 9.72 Å². The highest BCUT2D eigenvalue weighted by Gasteiger charge is 2.35. The Hall–Kier alpha value is -1.13. The molecule has 1 fully saturated rings. The molecule has 1 aliphatic heterocycles. The Bertz CT molecular complexity index is 501. The van der Waals surface area contributed by atoms with Crippen molar-refractivity contribution in [3.05, 3.63) is 28.9 Å². The molecule has 1 aromatic heterocycles. The Kier molecular flexibility index (Phi) is 4.45. The molecular weight excluding hydrogens is 262 g/mol. The maximum absolute atomic E-state index is 5.62. The zero-order valence-electron chi connectivity index (χ0n) is 13.5. The molecule has 0 radical (unpaired) electrons. The summed E-state index contributed by atoms with van der Waals surface area (Å²) in [5, 5.41) is 0. The number of methoxy groups -OCH3 is 1. The Morgan fingerprint density at radius 1 is 1.38 bits per heavy atom. The van der Waals surface area contributed by atoms with E-state index >= 15 is 0 Å². The van der Waals surface area contributed by atoms with Crippen LogP contribution >= 0.6 is 0 Å². The summed E-state index contributed by atoms with van der Waals surface area (Å²) in [5.74, 6) is 1.11. The van der Waals surface area contributed by atoms with Gasteiger partial charge in [0, 0.05) is 25.9 Å². The minimum atomic E-state index is 0.324. The lowest BCUT2D eigenvalue weighted by Crippen LogP contribution is -2.28. The first-order valence-corrected chi connectivity index (χ1v) is 8.15. The van der Waals surface area contributed by atoms with Crippen molar-refractivity contribution in [1.82, 2.24) is 14.9 Å². The Morgan fingerprint density at radius 2 is 2.24 bits per heavy atom. The summed E-state index contributed by atoms with van der Waals surface area (Å²) in [4.78, 5) is 10.7. The van der Waals surface area contributed by atoms with Gasteiger partial charge in [-0.3, -0.25) is 4.90 Å². The lowest BCUT2D eigenvalue weighted by molar-refractivity contribution is 0.109. The predicted octanol–water partition coefficient (Wildman–Crippen LogP) is 3.29. The van der Waals surface area contributed by atoms with Crippen molar-refractivity contribution in [2.24, 2.45) is 0 Å². The number of H-pyrrole nitrogens is 1. The molecule has 116 valence electrons. The quantitative estimate of drug-likeness (QED) is 0.865. The van der Waals surface area contributed by atoms with Gasteiger partial charge in [-0.15, -0.1) is 0 Å². The number of imidazole rings is 1. The Balaban J connectivity index is 1.77. The van der Waals surface area contributed by atoms with Gasteiger partial charge in [-0.05, 0) is 46.0 Å². The van der Waals surface area contributed by atoms with Crippen LogP contribution < -0.4 is 0 Å². The van der Waals surface area contributed by atoms with Crippen LogP contribution in [-0.4, -0.2) is 41.2 Å². The summed E-state index contributed by atoms with van der Waals surface area (Å²) in [7, 11) is 1.82. The monoisotopic (exact) mass is 289 g/mol. The van der Waals surface area contributed by atoms with Gasteiger partial charge in [0.25, 0.3) is 0 Å². The van der Waals surface area contributed by atoms with Gasteiger partial charge in [-0.25, -0.2) is 4.98 Å². The first-order chi connectivity index (χ1) is 10.2. The molecule has 4 heteroatoms. The molecule has 0 spiro atoms. The molecule has 2 atom stereocenters. The predicted molar refractivity (Wildman–Crippen MR) is 84.3 cm³/mol. The molecule has 4 nitrogen and oxygen atoms in total. The first kappa shape index (κ1) is 14.8. The van der Waals surface area contributed by atoms with Gasteiger partial charge in [0.15, 0.2) is 0 Å². The highest BCUT2D eigenvalue weighted by molar-refractivity contribution is 5.16. The lowest BCUT2D eigenvalue weighted by atomic mass is 9.99. The molecule has 2 aliphatic rings. The summed E-state index contributed by atoms with van der Waals surface area (Å²) in [6, 6.07) is 0.366. The standard InChI is InChI=1S/C17H27N3O/c1-12-13(2)19-17(18-12)16-9-15(21-3)11-20(16)10-14-7-5-4-6-8-14/h7,15-16H,4-6,8-11H2,1-3H3,(H,18,19)/t15-,16+/m1/s1. The van der Waals surface area contributed by atoms with E-state index in [1.54, 1.807) is 5.57 Å². The maximum Gasteiger partial charge on any atom is 0.124 e. The number of aromatic amines is 1. The fourth-order valence-corrected chi connectivity index (χ4v) is 3.53. The molecular formula is C17H27N3O. The average molecular weight is 289 g/mol. The van der Waals surface area contributed by atoms with E-state index in [9.17, 15) is 0 Å². The molecule has 0 unspecified atom stereocenters. The van der Waals surface area contributed by atoms with E-state index in [-0.39, 0.29) is 0 Å². The lowest BCUT2D eigenvalue weighted by Gasteiger charge is -2.25. The molecule has 3 rings (SSSR count). The van der Waals surface area contributed by atoms with Crippen molar-refractivity contribution in [3.8, 4) is 0 Å². The SMILES string of the molecule is CO[C@@H]1C[C@@H](c2nc(C)c(C)[nH]2)N(CC2=CCCCC2)C1. The second kappa shape index (κ2) is 6.32. The zero-order valence-corrected chi connectivity index (χ0v) is 13.5. The summed E-state index contributed by atoms with van der Waals surface area (Å²) in [6.07, 6.45) is 9.01. The molecule has 0 amide bonds. The van der Waals surface area contributed by atoms with E-state index in [1.807, 2.05) is 7.11 Å². The van der Waals surface area contributed by atoms with Gasteiger partial charge >= 0.3 is 0 Å². The van der Waals surface area contributed by atoms with Gasteiger partial charge < -0.3 is 9.72 Å². The molecule has 1 saturated heterocycles. The van der Waals surface area contributed by atoms with Crippen LogP contribution in [0.25, 0.3) is 0 Å². The highest BCUT2D eigenvalue weighted by Crippen LogP contribution is 2.33. The van der Waals surface area contributed by atoms with Crippen LogP contribution in [0.1, 0.15) is 55.4 Å². The fraction of sp³-hybridized carbons (Fsp3) is 0.706. The van der Waals surface area contributed by atoms with E-state index in [2.05, 4.69) is 29.8 Å². The molecule has 1 aromatic rings. The molecule has 2 heterocycles. The number of nitrogens with zero attached hydrogens (tertiary/aromatic N) is 2. The van der Waals surface area contributed by atoms with Crippen LogP contribution in [0.15, 0.2) is 11.6 Å². The van der Waals surface area contributed by atoms with Crippen LogP contribution in [0, 0.1) is 13.8 Å².